The van der Waals surface area contributed by atoms with Gasteiger partial charge in [-0.2, -0.15) is 4.68 Å². The van der Waals surface area contributed by atoms with E-state index in [2.05, 4.69) is 33.0 Å². The molecule has 3 aliphatic rings. The van der Waals surface area contributed by atoms with Crippen molar-refractivity contribution in [2.45, 2.75) is 32.1 Å². The van der Waals surface area contributed by atoms with E-state index in [9.17, 15) is 4.79 Å². The summed E-state index contributed by atoms with van der Waals surface area (Å²) in [4.78, 5) is 14.3. The molecule has 2 heterocycles. The summed E-state index contributed by atoms with van der Waals surface area (Å²) < 4.78 is 1.62. The van der Waals surface area contributed by atoms with Crippen LogP contribution in [0.15, 0.2) is 18.5 Å². The number of nitrogens with zero attached hydrogens (tertiary/aromatic N) is 4. The van der Waals surface area contributed by atoms with Gasteiger partial charge < -0.3 is 5.32 Å². The largest absolute Gasteiger partial charge is 0.352 e. The standard InChI is InChI=1S/C17H19N5OS/c23-16(18-8-12-7-10-4-5-11(12)6-10)15-13-2-1-3-14(13)24-17(15)22-9-19-20-21-22/h4-5,9-12H,1-3,6-8H2,(H,18,23)/t10-,11-,12+/m0/s1. The molecule has 24 heavy (non-hydrogen) atoms. The Labute approximate surface area is 143 Å². The van der Waals surface area contributed by atoms with Gasteiger partial charge in [0.25, 0.3) is 5.91 Å². The summed E-state index contributed by atoms with van der Waals surface area (Å²) in [6.45, 7) is 0.768. The fourth-order valence-electron chi connectivity index (χ4n) is 4.48. The number of rotatable bonds is 4. The van der Waals surface area contributed by atoms with Crippen LogP contribution in [0.1, 0.15) is 40.1 Å². The molecule has 2 bridgehead atoms. The van der Waals surface area contributed by atoms with Crippen LogP contribution in [0.3, 0.4) is 0 Å². The molecule has 5 rings (SSSR count). The van der Waals surface area contributed by atoms with Gasteiger partial charge in [0.1, 0.15) is 11.3 Å². The minimum absolute atomic E-state index is 0.0339. The van der Waals surface area contributed by atoms with E-state index < -0.39 is 0 Å². The molecular formula is C17H19N5OS. The van der Waals surface area contributed by atoms with Gasteiger partial charge in [-0.15, -0.1) is 16.4 Å². The SMILES string of the molecule is O=C(NC[C@H]1C[C@H]2C=C[C@H]1C2)c1c(-n2cnnn2)sc2c1CCC2. The smallest absolute Gasteiger partial charge is 0.254 e. The first kappa shape index (κ1) is 14.3. The highest BCUT2D eigenvalue weighted by atomic mass is 32.1. The average Bonchev–Trinajstić information content (AvgIpc) is 3.38. The molecule has 0 unspecified atom stereocenters. The van der Waals surface area contributed by atoms with Gasteiger partial charge >= 0.3 is 0 Å². The molecule has 3 aliphatic carbocycles. The molecule has 2 aromatic rings. The third-order valence-electron chi connectivity index (χ3n) is 5.63. The number of hydrogen-bond donors (Lipinski definition) is 1. The summed E-state index contributed by atoms with van der Waals surface area (Å²) in [5, 5.41) is 15.5. The Bertz CT molecular complexity index is 809. The maximum absolute atomic E-state index is 12.9. The minimum Gasteiger partial charge on any atom is -0.352 e. The molecule has 7 heteroatoms. The fraction of sp³-hybridized carbons (Fsp3) is 0.529. The van der Waals surface area contributed by atoms with E-state index >= 15 is 0 Å². The van der Waals surface area contributed by atoms with E-state index in [1.807, 2.05) is 0 Å². The van der Waals surface area contributed by atoms with Crippen LogP contribution in [0.2, 0.25) is 0 Å². The molecular weight excluding hydrogens is 322 g/mol. The van der Waals surface area contributed by atoms with Crippen molar-refractivity contribution < 1.29 is 4.79 Å². The lowest BCUT2D eigenvalue weighted by atomic mass is 9.93. The first-order chi connectivity index (χ1) is 11.8. The van der Waals surface area contributed by atoms with Crippen LogP contribution >= 0.6 is 11.3 Å². The number of nitrogens with one attached hydrogen (secondary N) is 1. The van der Waals surface area contributed by atoms with Crippen LogP contribution in [0, 0.1) is 17.8 Å². The minimum atomic E-state index is 0.0339. The summed E-state index contributed by atoms with van der Waals surface area (Å²) in [5.41, 5.74) is 1.99. The first-order valence-electron chi connectivity index (χ1n) is 8.64. The Hall–Kier alpha value is -2.02. The average molecular weight is 341 g/mol. The van der Waals surface area contributed by atoms with E-state index in [1.165, 1.54) is 23.3 Å². The lowest BCUT2D eigenvalue weighted by molar-refractivity contribution is 0.0944. The first-order valence-corrected chi connectivity index (χ1v) is 9.45. The predicted octanol–water partition coefficient (Wildman–Crippen LogP) is 2.15. The lowest BCUT2D eigenvalue weighted by Crippen LogP contribution is -2.31. The second kappa shape index (κ2) is 5.51. The molecule has 6 nitrogen and oxygen atoms in total. The van der Waals surface area contributed by atoms with Crippen LogP contribution in [0.25, 0.3) is 5.00 Å². The van der Waals surface area contributed by atoms with Crippen molar-refractivity contribution in [3.05, 3.63) is 34.5 Å². The Morgan fingerprint density at radius 3 is 3.04 bits per heavy atom. The second-order valence-corrected chi connectivity index (χ2v) is 8.13. The summed E-state index contributed by atoms with van der Waals surface area (Å²) in [7, 11) is 0. The van der Waals surface area contributed by atoms with Gasteiger partial charge in [0.2, 0.25) is 0 Å². The van der Waals surface area contributed by atoms with Crippen LogP contribution in [0.5, 0.6) is 0 Å². The molecule has 1 N–H and O–H groups in total. The monoisotopic (exact) mass is 341 g/mol. The summed E-state index contributed by atoms with van der Waals surface area (Å²) in [6, 6.07) is 0. The van der Waals surface area contributed by atoms with Gasteiger partial charge in [-0.1, -0.05) is 12.2 Å². The number of aryl methyl sites for hydroxylation is 1. The number of tetrazole rings is 1. The maximum Gasteiger partial charge on any atom is 0.254 e. The van der Waals surface area contributed by atoms with E-state index in [-0.39, 0.29) is 5.91 Å². The Morgan fingerprint density at radius 2 is 2.29 bits per heavy atom. The van der Waals surface area contributed by atoms with Crippen molar-refractivity contribution in [1.82, 2.24) is 25.5 Å². The molecule has 1 fully saturated rings. The number of fused-ring (bicyclic) bond motifs is 3. The zero-order valence-corrected chi connectivity index (χ0v) is 14.1. The molecule has 0 aromatic carbocycles. The second-order valence-electron chi connectivity index (χ2n) is 7.04. The summed E-state index contributed by atoms with van der Waals surface area (Å²) in [5.74, 6) is 2.01. The number of aromatic nitrogens is 4. The van der Waals surface area contributed by atoms with Gasteiger partial charge in [0, 0.05) is 11.4 Å². The topological polar surface area (TPSA) is 72.7 Å². The van der Waals surface area contributed by atoms with Crippen molar-refractivity contribution >= 4 is 17.2 Å². The molecule has 0 aliphatic heterocycles. The highest BCUT2D eigenvalue weighted by Gasteiger charge is 2.36. The number of amides is 1. The van der Waals surface area contributed by atoms with Crippen LogP contribution < -0.4 is 5.32 Å². The molecule has 124 valence electrons. The van der Waals surface area contributed by atoms with Crippen molar-refractivity contribution in [3.63, 3.8) is 0 Å². The highest BCUT2D eigenvalue weighted by molar-refractivity contribution is 7.15. The maximum atomic E-state index is 12.9. The number of carbonyl (C=O) groups excluding carboxylic acids is 1. The molecule has 1 saturated carbocycles. The Kier molecular flexibility index (Phi) is 3.29. The third-order valence-corrected chi connectivity index (χ3v) is 6.91. The van der Waals surface area contributed by atoms with Crippen LogP contribution in [-0.2, 0) is 12.8 Å². The van der Waals surface area contributed by atoms with Gasteiger partial charge in [-0.3, -0.25) is 4.79 Å². The predicted molar refractivity (Wildman–Crippen MR) is 90.2 cm³/mol. The normalized spacial score (nSPS) is 26.9. The van der Waals surface area contributed by atoms with Crippen LogP contribution in [0.4, 0.5) is 0 Å². The molecule has 2 aromatic heterocycles. The van der Waals surface area contributed by atoms with E-state index in [4.69, 9.17) is 0 Å². The lowest BCUT2D eigenvalue weighted by Gasteiger charge is -2.18. The summed E-state index contributed by atoms with van der Waals surface area (Å²) in [6.07, 6.45) is 11.9. The van der Waals surface area contributed by atoms with Gasteiger partial charge in [0.15, 0.2) is 0 Å². The molecule has 0 spiro atoms. The van der Waals surface area contributed by atoms with Crippen LogP contribution in [-0.4, -0.2) is 32.7 Å². The van der Waals surface area contributed by atoms with Gasteiger partial charge in [0.05, 0.1) is 5.56 Å². The molecule has 0 saturated heterocycles. The zero-order chi connectivity index (χ0) is 16.1. The van der Waals surface area contributed by atoms with Gasteiger partial charge in [-0.25, -0.2) is 0 Å². The van der Waals surface area contributed by atoms with Crippen molar-refractivity contribution in [1.29, 1.82) is 0 Å². The number of hydrogen-bond acceptors (Lipinski definition) is 5. The van der Waals surface area contributed by atoms with Crippen molar-refractivity contribution in [2.24, 2.45) is 17.8 Å². The fourth-order valence-corrected chi connectivity index (χ4v) is 5.78. The summed E-state index contributed by atoms with van der Waals surface area (Å²) >= 11 is 1.65. The van der Waals surface area contributed by atoms with Gasteiger partial charge in [-0.05, 0) is 65.8 Å². The van der Waals surface area contributed by atoms with E-state index in [0.29, 0.717) is 11.8 Å². The number of carbonyl (C=O) groups is 1. The third kappa shape index (κ3) is 2.22. The number of thiophene rings is 1. The Balaban J connectivity index is 1.39. The van der Waals surface area contributed by atoms with Crippen molar-refractivity contribution in [3.8, 4) is 5.00 Å². The number of allylic oxidation sites excluding steroid dienone is 2. The van der Waals surface area contributed by atoms with E-state index in [0.717, 1.165) is 42.3 Å². The zero-order valence-electron chi connectivity index (χ0n) is 13.3. The highest BCUT2D eigenvalue weighted by Crippen LogP contribution is 2.43. The molecule has 3 atom stereocenters. The molecule has 0 radical (unpaired) electrons. The Morgan fingerprint density at radius 1 is 1.33 bits per heavy atom. The molecule has 1 amide bonds. The quantitative estimate of drug-likeness (QED) is 0.865. The van der Waals surface area contributed by atoms with Crippen molar-refractivity contribution in [2.75, 3.05) is 6.54 Å². The van der Waals surface area contributed by atoms with E-state index in [1.54, 1.807) is 22.3 Å².